The molecule has 0 bridgehead atoms. The van der Waals surface area contributed by atoms with Crippen molar-refractivity contribution in [2.24, 2.45) is 0 Å². The molecule has 1 saturated heterocycles. The van der Waals surface area contributed by atoms with E-state index in [1.807, 2.05) is 6.08 Å². The van der Waals surface area contributed by atoms with Gasteiger partial charge in [0.2, 0.25) is 11.8 Å². The molecule has 2 aliphatic rings. The van der Waals surface area contributed by atoms with E-state index in [0.29, 0.717) is 13.0 Å². The lowest BCUT2D eigenvalue weighted by Gasteiger charge is -2.22. The van der Waals surface area contributed by atoms with Crippen LogP contribution in [-0.4, -0.2) is 35.3 Å². The van der Waals surface area contributed by atoms with Crippen LogP contribution in [0.3, 0.4) is 0 Å². The van der Waals surface area contributed by atoms with Crippen molar-refractivity contribution in [3.05, 3.63) is 12.7 Å². The van der Waals surface area contributed by atoms with Gasteiger partial charge in [-0.05, 0) is 25.8 Å². The van der Waals surface area contributed by atoms with Gasteiger partial charge in [-0.1, -0.05) is 18.9 Å². The van der Waals surface area contributed by atoms with Gasteiger partial charge in [0.1, 0.15) is 0 Å². The summed E-state index contributed by atoms with van der Waals surface area (Å²) in [6, 6.07) is -0.135. The Morgan fingerprint density at radius 2 is 2.06 bits per heavy atom. The van der Waals surface area contributed by atoms with E-state index in [1.54, 1.807) is 0 Å². The van der Waals surface area contributed by atoms with Crippen LogP contribution in [0, 0.1) is 0 Å². The van der Waals surface area contributed by atoms with E-state index in [-0.39, 0.29) is 23.9 Å². The molecular formula is C13H20N2O2. The van der Waals surface area contributed by atoms with Crippen molar-refractivity contribution in [3.8, 4) is 0 Å². The van der Waals surface area contributed by atoms with Crippen molar-refractivity contribution in [3.63, 3.8) is 0 Å². The van der Waals surface area contributed by atoms with Crippen LogP contribution >= 0.6 is 0 Å². The number of rotatable bonds is 5. The first-order chi connectivity index (χ1) is 8.24. The highest BCUT2D eigenvalue weighted by molar-refractivity contribution is 6.05. The van der Waals surface area contributed by atoms with E-state index < -0.39 is 0 Å². The average Bonchev–Trinajstić information content (AvgIpc) is 2.89. The number of carbonyl (C=O) groups excluding carboxylic acids is 2. The van der Waals surface area contributed by atoms with Crippen LogP contribution in [0.25, 0.3) is 0 Å². The summed E-state index contributed by atoms with van der Waals surface area (Å²) in [5, 5.41) is 3.13. The fourth-order valence-corrected chi connectivity index (χ4v) is 2.72. The van der Waals surface area contributed by atoms with E-state index in [4.69, 9.17) is 0 Å². The molecule has 2 fully saturated rings. The van der Waals surface area contributed by atoms with Crippen LogP contribution in [0.1, 0.15) is 38.5 Å². The first kappa shape index (κ1) is 12.3. The third kappa shape index (κ3) is 2.57. The van der Waals surface area contributed by atoms with Crippen LogP contribution < -0.4 is 5.32 Å². The molecule has 4 nitrogen and oxygen atoms in total. The number of hydrogen-bond donors (Lipinski definition) is 1. The van der Waals surface area contributed by atoms with E-state index in [1.165, 1.54) is 4.90 Å². The predicted octanol–water partition coefficient (Wildman–Crippen LogP) is 1.22. The molecule has 0 spiro atoms. The van der Waals surface area contributed by atoms with Gasteiger partial charge in [0.15, 0.2) is 0 Å². The molecule has 94 valence electrons. The lowest BCUT2D eigenvalue weighted by molar-refractivity contribution is -0.141. The molecule has 0 aromatic rings. The molecule has 0 radical (unpaired) electrons. The third-order valence-corrected chi connectivity index (χ3v) is 3.61. The molecule has 1 aliphatic heterocycles. The molecule has 1 aliphatic carbocycles. The summed E-state index contributed by atoms with van der Waals surface area (Å²) < 4.78 is 0. The molecule has 0 aromatic heterocycles. The van der Waals surface area contributed by atoms with Gasteiger partial charge in [-0.3, -0.25) is 14.5 Å². The van der Waals surface area contributed by atoms with Crippen LogP contribution in [-0.2, 0) is 9.59 Å². The SMILES string of the molecule is C=CCCNC1CC(=O)N(C2CCCC2)C1=O. The molecule has 1 saturated carbocycles. The molecule has 1 atom stereocenters. The zero-order chi connectivity index (χ0) is 12.3. The number of amides is 2. The Balaban J connectivity index is 1.93. The molecule has 2 rings (SSSR count). The third-order valence-electron chi connectivity index (χ3n) is 3.61. The summed E-state index contributed by atoms with van der Waals surface area (Å²) in [7, 11) is 0. The Labute approximate surface area is 102 Å². The monoisotopic (exact) mass is 236 g/mol. The van der Waals surface area contributed by atoms with Crippen molar-refractivity contribution in [2.45, 2.75) is 50.6 Å². The smallest absolute Gasteiger partial charge is 0.247 e. The zero-order valence-electron chi connectivity index (χ0n) is 10.2. The Kier molecular flexibility index (Phi) is 3.94. The van der Waals surface area contributed by atoms with Gasteiger partial charge in [0.25, 0.3) is 0 Å². The van der Waals surface area contributed by atoms with Crippen LogP contribution in [0.2, 0.25) is 0 Å². The summed E-state index contributed by atoms with van der Waals surface area (Å²) in [6.07, 6.45) is 7.19. The minimum absolute atomic E-state index is 0.00185. The number of likely N-dealkylation sites (tertiary alicyclic amines) is 1. The van der Waals surface area contributed by atoms with Crippen molar-refractivity contribution >= 4 is 11.8 Å². The van der Waals surface area contributed by atoms with Gasteiger partial charge in [0.05, 0.1) is 12.5 Å². The molecule has 2 amide bonds. The largest absolute Gasteiger partial charge is 0.305 e. The van der Waals surface area contributed by atoms with Gasteiger partial charge < -0.3 is 5.32 Å². The number of nitrogens with one attached hydrogen (secondary N) is 1. The van der Waals surface area contributed by atoms with Gasteiger partial charge in [-0.2, -0.15) is 0 Å². The van der Waals surface area contributed by atoms with Gasteiger partial charge in [-0.25, -0.2) is 0 Å². The van der Waals surface area contributed by atoms with Gasteiger partial charge in [0, 0.05) is 6.04 Å². The molecule has 1 heterocycles. The fourth-order valence-electron chi connectivity index (χ4n) is 2.72. The van der Waals surface area contributed by atoms with Gasteiger partial charge in [-0.15, -0.1) is 6.58 Å². The average molecular weight is 236 g/mol. The topological polar surface area (TPSA) is 49.4 Å². The van der Waals surface area contributed by atoms with Gasteiger partial charge >= 0.3 is 0 Å². The number of imide groups is 1. The first-order valence-electron chi connectivity index (χ1n) is 6.44. The zero-order valence-corrected chi connectivity index (χ0v) is 10.2. The maximum absolute atomic E-state index is 12.1. The summed E-state index contributed by atoms with van der Waals surface area (Å²) >= 11 is 0. The maximum Gasteiger partial charge on any atom is 0.247 e. The molecule has 1 N–H and O–H groups in total. The second kappa shape index (κ2) is 5.45. The molecule has 1 unspecified atom stereocenters. The summed E-state index contributed by atoms with van der Waals surface area (Å²) in [5.41, 5.74) is 0. The van der Waals surface area contributed by atoms with Crippen LogP contribution in [0.4, 0.5) is 0 Å². The van der Waals surface area contributed by atoms with Crippen molar-refractivity contribution < 1.29 is 9.59 Å². The number of nitrogens with zero attached hydrogens (tertiary/aromatic N) is 1. The number of carbonyl (C=O) groups is 2. The lowest BCUT2D eigenvalue weighted by Crippen LogP contribution is -2.43. The second-order valence-corrected chi connectivity index (χ2v) is 4.83. The normalized spacial score (nSPS) is 25.9. The summed E-state index contributed by atoms with van der Waals surface area (Å²) in [4.78, 5) is 25.5. The second-order valence-electron chi connectivity index (χ2n) is 4.83. The van der Waals surface area contributed by atoms with Crippen molar-refractivity contribution in [2.75, 3.05) is 6.54 Å². The molecule has 17 heavy (non-hydrogen) atoms. The Morgan fingerprint density at radius 3 is 2.71 bits per heavy atom. The van der Waals surface area contributed by atoms with Crippen LogP contribution in [0.5, 0.6) is 0 Å². The molecule has 4 heteroatoms. The maximum atomic E-state index is 12.1. The fraction of sp³-hybridized carbons (Fsp3) is 0.692. The minimum Gasteiger partial charge on any atom is -0.305 e. The Morgan fingerprint density at radius 1 is 1.35 bits per heavy atom. The standard InChI is InChI=1S/C13H20N2O2/c1-2-3-8-14-11-9-12(16)15(13(11)17)10-6-4-5-7-10/h2,10-11,14H,1,3-9H2. The van der Waals surface area contributed by atoms with E-state index in [0.717, 1.165) is 32.1 Å². The Hall–Kier alpha value is -1.16. The first-order valence-corrected chi connectivity index (χ1v) is 6.44. The predicted molar refractivity (Wildman–Crippen MR) is 65.3 cm³/mol. The van der Waals surface area contributed by atoms with E-state index >= 15 is 0 Å². The van der Waals surface area contributed by atoms with Crippen molar-refractivity contribution in [1.82, 2.24) is 10.2 Å². The summed E-state index contributed by atoms with van der Waals surface area (Å²) in [6.45, 7) is 4.35. The number of hydrogen-bond acceptors (Lipinski definition) is 3. The molecule has 0 aromatic carbocycles. The van der Waals surface area contributed by atoms with E-state index in [9.17, 15) is 9.59 Å². The minimum atomic E-state index is -0.303. The molecular weight excluding hydrogens is 216 g/mol. The van der Waals surface area contributed by atoms with E-state index in [2.05, 4.69) is 11.9 Å². The Bertz CT molecular complexity index is 321. The highest BCUT2D eigenvalue weighted by Gasteiger charge is 2.42. The van der Waals surface area contributed by atoms with Crippen molar-refractivity contribution in [1.29, 1.82) is 0 Å². The summed E-state index contributed by atoms with van der Waals surface area (Å²) in [5.74, 6) is -0.0241. The quantitative estimate of drug-likeness (QED) is 0.443. The highest BCUT2D eigenvalue weighted by atomic mass is 16.2. The lowest BCUT2D eigenvalue weighted by atomic mass is 10.2. The van der Waals surface area contributed by atoms with Crippen LogP contribution in [0.15, 0.2) is 12.7 Å². The highest BCUT2D eigenvalue weighted by Crippen LogP contribution is 2.28.